The Kier molecular flexibility index (Phi) is 8.42. The number of hydrogen-bond acceptors (Lipinski definition) is 3. The lowest BCUT2D eigenvalue weighted by Gasteiger charge is -2.30. The molecular formula is C21H34N2O2. The fourth-order valence-corrected chi connectivity index (χ4v) is 3.73. The van der Waals surface area contributed by atoms with E-state index in [1.54, 1.807) is 4.90 Å². The molecule has 0 aromatic heterocycles. The highest BCUT2D eigenvalue weighted by Gasteiger charge is 2.29. The zero-order valence-electron chi connectivity index (χ0n) is 15.6. The van der Waals surface area contributed by atoms with Gasteiger partial charge in [-0.1, -0.05) is 75.8 Å². The van der Waals surface area contributed by atoms with E-state index in [2.05, 4.69) is 6.92 Å². The molecule has 0 heterocycles. The lowest BCUT2D eigenvalue weighted by atomic mass is 9.84. The third kappa shape index (κ3) is 6.44. The topological polar surface area (TPSA) is 66.6 Å². The molecule has 0 spiro atoms. The summed E-state index contributed by atoms with van der Waals surface area (Å²) in [6.45, 7) is 3.31. The summed E-state index contributed by atoms with van der Waals surface area (Å²) in [5, 5.41) is 10.5. The zero-order chi connectivity index (χ0) is 18.1. The first-order valence-electron chi connectivity index (χ1n) is 9.88. The molecule has 0 saturated heterocycles. The molecule has 4 nitrogen and oxygen atoms in total. The van der Waals surface area contributed by atoms with Crippen molar-refractivity contribution in [2.24, 2.45) is 11.7 Å². The average Bonchev–Trinajstić information content (AvgIpc) is 2.65. The van der Waals surface area contributed by atoms with Gasteiger partial charge < -0.3 is 15.7 Å². The minimum atomic E-state index is -1.09. The van der Waals surface area contributed by atoms with Crippen molar-refractivity contribution < 1.29 is 9.90 Å². The summed E-state index contributed by atoms with van der Waals surface area (Å²) in [6, 6.07) is 9.49. The van der Waals surface area contributed by atoms with Gasteiger partial charge in [-0.15, -0.1) is 0 Å². The van der Waals surface area contributed by atoms with Crippen LogP contribution in [0.25, 0.3) is 0 Å². The number of nitrogens with two attached hydrogens (primary N) is 1. The van der Waals surface area contributed by atoms with Crippen molar-refractivity contribution in [2.45, 2.75) is 77.0 Å². The summed E-state index contributed by atoms with van der Waals surface area (Å²) < 4.78 is 0. The summed E-state index contributed by atoms with van der Waals surface area (Å²) >= 11 is 0. The number of aliphatic hydroxyl groups is 1. The van der Waals surface area contributed by atoms with Crippen LogP contribution < -0.4 is 5.73 Å². The predicted molar refractivity (Wildman–Crippen MR) is 102 cm³/mol. The molecule has 4 heteroatoms. The number of amides is 1. The van der Waals surface area contributed by atoms with Crippen molar-refractivity contribution in [3.8, 4) is 0 Å². The van der Waals surface area contributed by atoms with E-state index < -0.39 is 12.1 Å². The Morgan fingerprint density at radius 2 is 1.92 bits per heavy atom. The molecule has 0 radical (unpaired) electrons. The molecule has 0 bridgehead atoms. The Balaban J connectivity index is 1.95. The van der Waals surface area contributed by atoms with E-state index in [-0.39, 0.29) is 5.91 Å². The summed E-state index contributed by atoms with van der Waals surface area (Å²) in [5.74, 6) is 0.338. The lowest BCUT2D eigenvalue weighted by Crippen LogP contribution is -2.49. The second-order valence-electron chi connectivity index (χ2n) is 7.45. The van der Waals surface area contributed by atoms with Crippen LogP contribution in [0.3, 0.4) is 0 Å². The molecule has 1 fully saturated rings. The Labute approximate surface area is 152 Å². The monoisotopic (exact) mass is 346 g/mol. The van der Waals surface area contributed by atoms with Crippen LogP contribution in [0.15, 0.2) is 30.3 Å². The van der Waals surface area contributed by atoms with Gasteiger partial charge in [0.25, 0.3) is 5.91 Å². The maximum atomic E-state index is 12.8. The van der Waals surface area contributed by atoms with Crippen molar-refractivity contribution in [1.29, 1.82) is 0 Å². The van der Waals surface area contributed by atoms with Crippen LogP contribution in [-0.2, 0) is 11.3 Å². The quantitative estimate of drug-likeness (QED) is 0.719. The Morgan fingerprint density at radius 1 is 1.24 bits per heavy atom. The average molecular weight is 347 g/mol. The van der Waals surface area contributed by atoms with E-state index in [0.717, 1.165) is 24.8 Å². The third-order valence-electron chi connectivity index (χ3n) is 5.30. The Bertz CT molecular complexity index is 500. The van der Waals surface area contributed by atoms with Gasteiger partial charge >= 0.3 is 0 Å². The molecule has 3 N–H and O–H groups in total. The van der Waals surface area contributed by atoms with Crippen molar-refractivity contribution in [2.75, 3.05) is 6.54 Å². The fourth-order valence-electron chi connectivity index (χ4n) is 3.73. The normalized spacial score (nSPS) is 17.9. The second-order valence-corrected chi connectivity index (χ2v) is 7.45. The Morgan fingerprint density at radius 3 is 2.56 bits per heavy atom. The molecule has 140 valence electrons. The molecule has 2 atom stereocenters. The Hall–Kier alpha value is -1.39. The number of unbranched alkanes of at least 4 members (excludes halogenated alkanes) is 1. The molecule has 1 aliphatic carbocycles. The zero-order valence-corrected chi connectivity index (χ0v) is 15.6. The lowest BCUT2D eigenvalue weighted by molar-refractivity contribution is -0.142. The maximum Gasteiger partial charge on any atom is 0.253 e. The van der Waals surface area contributed by atoms with Gasteiger partial charge in [0.05, 0.1) is 0 Å². The SMILES string of the molecule is CCCCN(Cc1ccccc1)C(=O)[C@H](O)C(N)CC1CCCCC1. The first-order valence-corrected chi connectivity index (χ1v) is 9.88. The van der Waals surface area contributed by atoms with Crippen LogP contribution >= 0.6 is 0 Å². The molecular weight excluding hydrogens is 312 g/mol. The van der Waals surface area contributed by atoms with Gasteiger partial charge in [0.2, 0.25) is 0 Å². The highest BCUT2D eigenvalue weighted by Crippen LogP contribution is 2.27. The molecule has 1 unspecified atom stereocenters. The number of rotatable bonds is 9. The van der Waals surface area contributed by atoms with Crippen LogP contribution in [0.4, 0.5) is 0 Å². The molecule has 1 aliphatic rings. The summed E-state index contributed by atoms with van der Waals surface area (Å²) in [7, 11) is 0. The van der Waals surface area contributed by atoms with Crippen LogP contribution in [-0.4, -0.2) is 34.6 Å². The summed E-state index contributed by atoms with van der Waals surface area (Å²) in [4.78, 5) is 14.6. The summed E-state index contributed by atoms with van der Waals surface area (Å²) in [5.41, 5.74) is 7.29. The largest absolute Gasteiger partial charge is 0.382 e. The van der Waals surface area contributed by atoms with Crippen LogP contribution in [0, 0.1) is 5.92 Å². The highest BCUT2D eigenvalue weighted by atomic mass is 16.3. The van der Waals surface area contributed by atoms with Gasteiger partial charge in [-0.05, 0) is 24.3 Å². The van der Waals surface area contributed by atoms with Gasteiger partial charge in [-0.25, -0.2) is 0 Å². The summed E-state index contributed by atoms with van der Waals surface area (Å²) in [6.07, 6.45) is 7.76. The number of hydrogen-bond donors (Lipinski definition) is 2. The van der Waals surface area contributed by atoms with Crippen molar-refractivity contribution in [3.05, 3.63) is 35.9 Å². The van der Waals surface area contributed by atoms with E-state index >= 15 is 0 Å². The third-order valence-corrected chi connectivity index (χ3v) is 5.30. The van der Waals surface area contributed by atoms with E-state index in [0.29, 0.717) is 19.0 Å². The van der Waals surface area contributed by atoms with Gasteiger partial charge in [0.15, 0.2) is 0 Å². The van der Waals surface area contributed by atoms with Crippen molar-refractivity contribution >= 4 is 5.91 Å². The van der Waals surface area contributed by atoms with Crippen molar-refractivity contribution in [1.82, 2.24) is 4.90 Å². The number of carbonyl (C=O) groups is 1. The van der Waals surface area contributed by atoms with Gasteiger partial charge in [-0.3, -0.25) is 4.79 Å². The van der Waals surface area contributed by atoms with Crippen molar-refractivity contribution in [3.63, 3.8) is 0 Å². The predicted octanol–water partition coefficient (Wildman–Crippen LogP) is 3.47. The van der Waals surface area contributed by atoms with E-state index in [9.17, 15) is 9.90 Å². The van der Waals surface area contributed by atoms with Gasteiger partial charge in [0.1, 0.15) is 6.10 Å². The van der Waals surface area contributed by atoms with Crippen LogP contribution in [0.2, 0.25) is 0 Å². The maximum absolute atomic E-state index is 12.8. The van der Waals surface area contributed by atoms with E-state index in [1.165, 1.54) is 32.1 Å². The van der Waals surface area contributed by atoms with E-state index in [4.69, 9.17) is 5.73 Å². The highest BCUT2D eigenvalue weighted by molar-refractivity contribution is 5.81. The molecule has 1 aromatic rings. The molecule has 1 amide bonds. The molecule has 2 rings (SSSR count). The molecule has 25 heavy (non-hydrogen) atoms. The molecule has 1 aromatic carbocycles. The molecule has 0 aliphatic heterocycles. The number of nitrogens with zero attached hydrogens (tertiary/aromatic N) is 1. The number of aliphatic hydroxyl groups excluding tert-OH is 1. The molecule has 1 saturated carbocycles. The van der Waals surface area contributed by atoms with Crippen LogP contribution in [0.1, 0.15) is 63.9 Å². The first-order chi connectivity index (χ1) is 12.1. The second kappa shape index (κ2) is 10.6. The number of benzene rings is 1. The minimum Gasteiger partial charge on any atom is -0.382 e. The van der Waals surface area contributed by atoms with Gasteiger partial charge in [0, 0.05) is 19.1 Å². The first kappa shape index (κ1) is 19.9. The van der Waals surface area contributed by atoms with E-state index in [1.807, 2.05) is 30.3 Å². The van der Waals surface area contributed by atoms with Crippen LogP contribution in [0.5, 0.6) is 0 Å². The minimum absolute atomic E-state index is 0.222. The van der Waals surface area contributed by atoms with Gasteiger partial charge in [-0.2, -0.15) is 0 Å². The smallest absolute Gasteiger partial charge is 0.253 e. The standard InChI is InChI=1S/C21H34N2O2/c1-2-3-14-23(16-18-12-8-5-9-13-18)21(25)20(24)19(22)15-17-10-6-4-7-11-17/h5,8-9,12-13,17,19-20,24H,2-4,6-7,10-11,14-16,22H2,1H3/t19?,20-/m1/s1. The fraction of sp³-hybridized carbons (Fsp3) is 0.667. The number of carbonyl (C=O) groups excluding carboxylic acids is 1.